The molecule has 0 unspecified atom stereocenters. The molecule has 1 atom stereocenters. The number of carbonyl (C=O) groups excluding carboxylic acids is 2. The van der Waals surface area contributed by atoms with Crippen LogP contribution in [0.4, 0.5) is 5.69 Å². The summed E-state index contributed by atoms with van der Waals surface area (Å²) < 4.78 is 1.09. The summed E-state index contributed by atoms with van der Waals surface area (Å²) in [6, 6.07) is 32.4. The third kappa shape index (κ3) is 5.81. The first-order chi connectivity index (χ1) is 18.5. The number of halogens is 1. The molecule has 4 aromatic carbocycles. The summed E-state index contributed by atoms with van der Waals surface area (Å²) in [5.41, 5.74) is 5.40. The number of fused-ring (bicyclic) bond motifs is 1. The van der Waals surface area contributed by atoms with Gasteiger partial charge in [-0.05, 0) is 76.0 Å². The largest absolute Gasteiger partial charge is 0.361 e. The molecule has 1 heterocycles. The molecule has 5 aromatic rings. The molecule has 0 aliphatic rings. The van der Waals surface area contributed by atoms with Gasteiger partial charge in [-0.25, -0.2) is 0 Å². The fraction of sp³-hybridized carbons (Fsp3) is 0.125. The molecule has 0 spiro atoms. The lowest BCUT2D eigenvalue weighted by Crippen LogP contribution is -2.47. The maximum Gasteiger partial charge on any atom is 0.247 e. The summed E-state index contributed by atoms with van der Waals surface area (Å²) in [5.74, 6) is -1.02. The van der Waals surface area contributed by atoms with Crippen molar-refractivity contribution in [1.82, 2.24) is 10.3 Å². The Labute approximate surface area is 235 Å². The van der Waals surface area contributed by atoms with Gasteiger partial charge in [0, 0.05) is 32.8 Å². The lowest BCUT2D eigenvalue weighted by Gasteiger charge is -2.23. The summed E-state index contributed by atoms with van der Waals surface area (Å²) in [6.45, 7) is 1.96. The number of anilines is 1. The SMILES string of the molecule is Cc1cc(I)ccc1NC(=O)[C@@H](Cc1c[nH]c2ccccc12)NC(=O)C(c1ccccc1)c1ccccc1. The van der Waals surface area contributed by atoms with E-state index in [-0.39, 0.29) is 11.8 Å². The second-order valence-corrected chi connectivity index (χ2v) is 10.6. The van der Waals surface area contributed by atoms with Crippen LogP contribution in [-0.4, -0.2) is 22.8 Å². The normalized spacial score (nSPS) is 11.9. The molecule has 0 saturated heterocycles. The highest BCUT2D eigenvalue weighted by Crippen LogP contribution is 2.26. The first kappa shape index (κ1) is 25.7. The number of hydrogen-bond acceptors (Lipinski definition) is 2. The van der Waals surface area contributed by atoms with E-state index in [0.29, 0.717) is 6.42 Å². The standard InChI is InChI=1S/C32H28IN3O2/c1-21-18-25(33)16-17-27(21)35-31(37)29(19-24-20-34-28-15-9-8-14-26(24)28)36-32(38)30(22-10-4-2-5-11-22)23-12-6-3-7-13-23/h2-18,20,29-30,34H,19H2,1H3,(H,35,37)(H,36,38)/t29-/m1/s1. The van der Waals surface area contributed by atoms with Crippen molar-refractivity contribution in [3.63, 3.8) is 0 Å². The van der Waals surface area contributed by atoms with Crippen molar-refractivity contribution >= 4 is 51.0 Å². The van der Waals surface area contributed by atoms with Crippen molar-refractivity contribution in [3.8, 4) is 0 Å². The van der Waals surface area contributed by atoms with Gasteiger partial charge in [0.2, 0.25) is 11.8 Å². The van der Waals surface area contributed by atoms with Gasteiger partial charge in [-0.3, -0.25) is 9.59 Å². The van der Waals surface area contributed by atoms with E-state index in [9.17, 15) is 9.59 Å². The van der Waals surface area contributed by atoms with Crippen LogP contribution < -0.4 is 10.6 Å². The molecule has 3 N–H and O–H groups in total. The summed E-state index contributed by atoms with van der Waals surface area (Å²) in [7, 11) is 0. The van der Waals surface area contributed by atoms with Gasteiger partial charge in [0.25, 0.3) is 0 Å². The molecule has 1 aromatic heterocycles. The molecule has 0 bridgehead atoms. The molecule has 0 aliphatic heterocycles. The van der Waals surface area contributed by atoms with Crippen molar-refractivity contribution in [2.45, 2.75) is 25.3 Å². The van der Waals surface area contributed by atoms with E-state index in [0.717, 1.165) is 42.4 Å². The molecule has 0 aliphatic carbocycles. The summed E-state index contributed by atoms with van der Waals surface area (Å²) in [5, 5.41) is 7.19. The van der Waals surface area contributed by atoms with Crippen molar-refractivity contribution < 1.29 is 9.59 Å². The number of nitrogens with one attached hydrogen (secondary N) is 3. The Morgan fingerprint density at radius 1 is 0.816 bits per heavy atom. The Bertz CT molecular complexity index is 1520. The fourth-order valence-electron chi connectivity index (χ4n) is 4.76. The number of hydrogen-bond donors (Lipinski definition) is 3. The summed E-state index contributed by atoms with van der Waals surface area (Å²) in [4.78, 5) is 30.9. The number of H-pyrrole nitrogens is 1. The quantitative estimate of drug-likeness (QED) is 0.173. The van der Waals surface area contributed by atoms with Gasteiger partial charge in [-0.15, -0.1) is 0 Å². The predicted octanol–water partition coefficient (Wildman–Crippen LogP) is 6.58. The minimum absolute atomic E-state index is 0.221. The van der Waals surface area contributed by atoms with Crippen LogP contribution in [0.15, 0.2) is 109 Å². The molecule has 2 amide bonds. The van der Waals surface area contributed by atoms with Crippen LogP contribution in [-0.2, 0) is 16.0 Å². The Morgan fingerprint density at radius 2 is 1.45 bits per heavy atom. The summed E-state index contributed by atoms with van der Waals surface area (Å²) >= 11 is 2.25. The number of para-hydroxylation sites is 1. The monoisotopic (exact) mass is 613 g/mol. The maximum absolute atomic E-state index is 13.9. The fourth-order valence-corrected chi connectivity index (χ4v) is 5.41. The second-order valence-electron chi connectivity index (χ2n) is 9.33. The lowest BCUT2D eigenvalue weighted by molar-refractivity contribution is -0.126. The van der Waals surface area contributed by atoms with Gasteiger partial charge in [-0.2, -0.15) is 0 Å². The molecule has 5 nitrogen and oxygen atoms in total. The predicted molar refractivity (Wildman–Crippen MR) is 161 cm³/mol. The average molecular weight is 613 g/mol. The smallest absolute Gasteiger partial charge is 0.247 e. The van der Waals surface area contributed by atoms with Crippen molar-refractivity contribution in [1.29, 1.82) is 0 Å². The number of rotatable bonds is 8. The van der Waals surface area contributed by atoms with Crippen LogP contribution in [0.25, 0.3) is 10.9 Å². The van der Waals surface area contributed by atoms with Crippen LogP contribution in [0.3, 0.4) is 0 Å². The van der Waals surface area contributed by atoms with E-state index in [2.05, 4.69) is 38.2 Å². The second kappa shape index (κ2) is 11.6. The van der Waals surface area contributed by atoms with Crippen molar-refractivity contribution in [3.05, 3.63) is 135 Å². The Hall–Kier alpha value is -3.91. The van der Waals surface area contributed by atoms with Crippen LogP contribution in [0.2, 0.25) is 0 Å². The summed E-state index contributed by atoms with van der Waals surface area (Å²) in [6.07, 6.45) is 2.26. The molecule has 6 heteroatoms. The number of benzene rings is 4. The van der Waals surface area contributed by atoms with E-state index in [4.69, 9.17) is 0 Å². The molecule has 0 radical (unpaired) electrons. The van der Waals surface area contributed by atoms with Gasteiger partial charge in [0.05, 0.1) is 5.92 Å². The van der Waals surface area contributed by atoms with E-state index in [1.165, 1.54) is 0 Å². The highest BCUT2D eigenvalue weighted by atomic mass is 127. The third-order valence-corrected chi connectivity index (χ3v) is 7.38. The first-order valence-electron chi connectivity index (χ1n) is 12.5. The minimum atomic E-state index is -0.782. The molecule has 5 rings (SSSR count). The molecule has 0 saturated carbocycles. The van der Waals surface area contributed by atoms with Crippen molar-refractivity contribution in [2.24, 2.45) is 0 Å². The van der Waals surface area contributed by atoms with E-state index >= 15 is 0 Å². The Morgan fingerprint density at radius 3 is 2.11 bits per heavy atom. The van der Waals surface area contributed by atoms with Gasteiger partial charge in [-0.1, -0.05) is 78.9 Å². The Balaban J connectivity index is 1.48. The number of carbonyl (C=O) groups is 2. The molecule has 190 valence electrons. The topological polar surface area (TPSA) is 74.0 Å². The van der Waals surface area contributed by atoms with Crippen LogP contribution >= 0.6 is 22.6 Å². The van der Waals surface area contributed by atoms with Gasteiger partial charge >= 0.3 is 0 Å². The number of aromatic amines is 1. The molecular formula is C32H28IN3O2. The van der Waals surface area contributed by atoms with Gasteiger partial charge in [0.1, 0.15) is 6.04 Å². The van der Waals surface area contributed by atoms with E-state index in [1.807, 2.05) is 116 Å². The Kier molecular flexibility index (Phi) is 7.89. The maximum atomic E-state index is 13.9. The zero-order chi connectivity index (χ0) is 26.5. The first-order valence-corrected chi connectivity index (χ1v) is 13.6. The van der Waals surface area contributed by atoms with Gasteiger partial charge in [0.15, 0.2) is 0 Å². The van der Waals surface area contributed by atoms with Gasteiger partial charge < -0.3 is 15.6 Å². The van der Waals surface area contributed by atoms with E-state index in [1.54, 1.807) is 0 Å². The zero-order valence-corrected chi connectivity index (χ0v) is 23.1. The number of amides is 2. The number of aromatic nitrogens is 1. The number of aryl methyl sites for hydroxylation is 1. The third-order valence-electron chi connectivity index (χ3n) is 6.71. The lowest BCUT2D eigenvalue weighted by atomic mass is 9.90. The minimum Gasteiger partial charge on any atom is -0.361 e. The average Bonchev–Trinajstić information content (AvgIpc) is 3.34. The highest BCUT2D eigenvalue weighted by molar-refractivity contribution is 14.1. The molecule has 0 fully saturated rings. The van der Waals surface area contributed by atoms with Crippen LogP contribution in [0.5, 0.6) is 0 Å². The van der Waals surface area contributed by atoms with E-state index < -0.39 is 12.0 Å². The van der Waals surface area contributed by atoms with Crippen LogP contribution in [0, 0.1) is 10.5 Å². The van der Waals surface area contributed by atoms with Crippen molar-refractivity contribution in [2.75, 3.05) is 5.32 Å². The zero-order valence-electron chi connectivity index (χ0n) is 20.9. The highest BCUT2D eigenvalue weighted by Gasteiger charge is 2.29. The molecule has 38 heavy (non-hydrogen) atoms. The molecular weight excluding hydrogens is 585 g/mol. The van der Waals surface area contributed by atoms with Crippen LogP contribution in [0.1, 0.15) is 28.2 Å².